The first-order chi connectivity index (χ1) is 4.27. The van der Waals surface area contributed by atoms with Crippen LogP contribution in [-0.4, -0.2) is 16.9 Å². The Morgan fingerprint density at radius 3 is 2.36 bits per heavy atom. The van der Waals surface area contributed by atoms with E-state index < -0.39 is 5.97 Å². The maximum atomic E-state index is 9.83. The van der Waals surface area contributed by atoms with Gasteiger partial charge in [-0.3, -0.25) is 0 Å². The Balaban J connectivity index is -0.000000320. The van der Waals surface area contributed by atoms with E-state index in [0.717, 1.165) is 6.42 Å². The summed E-state index contributed by atoms with van der Waals surface area (Å²) < 4.78 is 0. The van der Waals surface area contributed by atoms with Gasteiger partial charge in [0.2, 0.25) is 0 Å². The molecule has 0 radical (unpaired) electrons. The predicted octanol–water partition coefficient (Wildman–Crippen LogP) is -1.17. The molecule has 0 saturated heterocycles. The van der Waals surface area contributed by atoms with Crippen molar-refractivity contribution in [2.75, 3.05) is 0 Å². The molecule has 0 unspecified atom stereocenters. The molecule has 0 rings (SSSR count). The summed E-state index contributed by atoms with van der Waals surface area (Å²) in [5, 5.41) is 9.83. The molecule has 0 aliphatic heterocycles. The first-order valence-electron chi connectivity index (χ1n) is 3.08. The van der Waals surface area contributed by atoms with Crippen LogP contribution in [-0.2, 0) is 4.79 Å². The van der Waals surface area contributed by atoms with Crippen molar-refractivity contribution in [1.29, 1.82) is 0 Å². The Morgan fingerprint density at radius 2 is 2.00 bits per heavy atom. The van der Waals surface area contributed by atoms with Gasteiger partial charge in [0.15, 0.2) is 0 Å². The van der Waals surface area contributed by atoms with E-state index in [0.29, 0.717) is 6.42 Å². The topological polar surface area (TPSA) is 103 Å². The number of rotatable bonds is 4. The largest absolute Gasteiger partial charge is 0.550 e. The van der Waals surface area contributed by atoms with Crippen LogP contribution in [0.3, 0.4) is 0 Å². The number of aliphatic carboxylic acids is 1. The van der Waals surface area contributed by atoms with Gasteiger partial charge in [0.1, 0.15) is 0 Å². The first kappa shape index (κ1) is 16.6. The number of carbonyl (C=O) groups is 1. The van der Waals surface area contributed by atoms with Gasteiger partial charge in [-0.15, -0.1) is 0 Å². The zero-order valence-corrected chi connectivity index (χ0v) is 6.59. The molecule has 4 nitrogen and oxygen atoms in total. The fraction of sp³-hybridized carbons (Fsp3) is 0.571. The van der Waals surface area contributed by atoms with E-state index in [9.17, 15) is 9.90 Å². The summed E-state index contributed by atoms with van der Waals surface area (Å²) in [6.45, 7) is 1.92. The second-order valence-electron chi connectivity index (χ2n) is 1.83. The van der Waals surface area contributed by atoms with Crippen molar-refractivity contribution in [3.63, 3.8) is 0 Å². The van der Waals surface area contributed by atoms with E-state index in [2.05, 4.69) is 0 Å². The third-order valence-corrected chi connectivity index (χ3v) is 0.987. The van der Waals surface area contributed by atoms with Crippen LogP contribution < -0.4 is 5.11 Å². The summed E-state index contributed by atoms with van der Waals surface area (Å²) in [6, 6.07) is 0. The second-order valence-corrected chi connectivity index (χ2v) is 1.83. The lowest BCUT2D eigenvalue weighted by Gasteiger charge is -1.96. The van der Waals surface area contributed by atoms with Crippen molar-refractivity contribution in [2.24, 2.45) is 0 Å². The molecule has 4 heteroatoms. The number of carboxylic acid groups (broad SMARTS) is 1. The molecule has 0 aromatic heterocycles. The molecular formula is C7H15O4-. The van der Waals surface area contributed by atoms with Gasteiger partial charge in [0.05, 0.1) is 0 Å². The summed E-state index contributed by atoms with van der Waals surface area (Å²) in [5.41, 5.74) is 0. The Morgan fingerprint density at radius 1 is 1.45 bits per heavy atom. The van der Waals surface area contributed by atoms with Crippen LogP contribution in [0.5, 0.6) is 0 Å². The highest BCUT2D eigenvalue weighted by Gasteiger charge is 1.83. The van der Waals surface area contributed by atoms with Gasteiger partial charge in [-0.25, -0.2) is 0 Å². The van der Waals surface area contributed by atoms with Gasteiger partial charge in [0, 0.05) is 5.97 Å². The van der Waals surface area contributed by atoms with Gasteiger partial charge in [-0.05, 0) is 26.2 Å². The Bertz CT molecular complexity index is 109. The van der Waals surface area contributed by atoms with Gasteiger partial charge >= 0.3 is 0 Å². The predicted molar refractivity (Wildman–Crippen MR) is 40.9 cm³/mol. The Hall–Kier alpha value is -0.870. The molecule has 0 atom stereocenters. The van der Waals surface area contributed by atoms with E-state index in [-0.39, 0.29) is 17.4 Å². The third kappa shape index (κ3) is 17.6. The normalized spacial score (nSPS) is 8.45. The van der Waals surface area contributed by atoms with Crippen LogP contribution in [0, 0.1) is 0 Å². The molecular weight excluding hydrogens is 148 g/mol. The molecule has 0 bridgehead atoms. The molecule has 4 N–H and O–H groups in total. The molecule has 68 valence electrons. The van der Waals surface area contributed by atoms with Crippen molar-refractivity contribution in [3.8, 4) is 0 Å². The summed E-state index contributed by atoms with van der Waals surface area (Å²) in [4.78, 5) is 9.83. The van der Waals surface area contributed by atoms with Crippen LogP contribution in [0.25, 0.3) is 0 Å². The number of carboxylic acids is 1. The van der Waals surface area contributed by atoms with Crippen molar-refractivity contribution in [1.82, 2.24) is 0 Å². The van der Waals surface area contributed by atoms with Crippen LogP contribution in [0.15, 0.2) is 12.2 Å². The molecule has 11 heavy (non-hydrogen) atoms. The van der Waals surface area contributed by atoms with Crippen LogP contribution >= 0.6 is 0 Å². The van der Waals surface area contributed by atoms with E-state index in [4.69, 9.17) is 0 Å². The molecule has 0 fully saturated rings. The molecule has 0 aromatic carbocycles. The molecule has 0 heterocycles. The van der Waals surface area contributed by atoms with Gasteiger partial charge in [-0.2, -0.15) is 0 Å². The molecule has 0 aromatic rings. The summed E-state index contributed by atoms with van der Waals surface area (Å²) in [6.07, 6.45) is 5.56. The minimum absolute atomic E-state index is 0. The van der Waals surface area contributed by atoms with E-state index >= 15 is 0 Å². The Labute approximate surface area is 66.2 Å². The second kappa shape index (κ2) is 11.9. The summed E-state index contributed by atoms with van der Waals surface area (Å²) >= 11 is 0. The standard InChI is InChI=1S/C7H12O2.2H2O/c1-2-3-4-5-6-7(8)9;;/h2-3H,4-6H2,1H3,(H,8,9);2*1H2/p-1/b3-2+;;. The van der Waals surface area contributed by atoms with Crippen molar-refractivity contribution in [2.45, 2.75) is 26.2 Å². The van der Waals surface area contributed by atoms with E-state index in [1.54, 1.807) is 0 Å². The highest BCUT2D eigenvalue weighted by molar-refractivity contribution is 5.64. The van der Waals surface area contributed by atoms with Crippen LogP contribution in [0.2, 0.25) is 0 Å². The highest BCUT2D eigenvalue weighted by Crippen LogP contribution is 1.94. The minimum atomic E-state index is -0.959. The van der Waals surface area contributed by atoms with Gasteiger partial charge in [0.25, 0.3) is 0 Å². The number of hydrogen-bond donors (Lipinski definition) is 0. The fourth-order valence-electron chi connectivity index (χ4n) is 0.531. The fourth-order valence-corrected chi connectivity index (χ4v) is 0.531. The number of carbonyl (C=O) groups excluding carboxylic acids is 1. The summed E-state index contributed by atoms with van der Waals surface area (Å²) in [7, 11) is 0. The number of unbranched alkanes of at least 4 members (excludes halogenated alkanes) is 1. The number of hydrogen-bond acceptors (Lipinski definition) is 2. The smallest absolute Gasteiger partial charge is 0.0414 e. The van der Waals surface area contributed by atoms with Gasteiger partial charge in [-0.1, -0.05) is 12.2 Å². The number of allylic oxidation sites excluding steroid dienone is 2. The lowest BCUT2D eigenvalue weighted by Crippen LogP contribution is -2.21. The summed E-state index contributed by atoms with van der Waals surface area (Å²) in [5.74, 6) is -0.959. The molecule has 0 saturated carbocycles. The average Bonchev–Trinajstić information content (AvgIpc) is 1.80. The maximum Gasteiger partial charge on any atom is 0.0414 e. The van der Waals surface area contributed by atoms with Crippen molar-refractivity contribution >= 4 is 5.97 Å². The highest BCUT2D eigenvalue weighted by atomic mass is 16.4. The van der Waals surface area contributed by atoms with E-state index in [1.807, 2.05) is 19.1 Å². The SMILES string of the molecule is C/C=C/CCCC(=O)[O-].O.O. The van der Waals surface area contributed by atoms with Crippen molar-refractivity contribution < 1.29 is 20.9 Å². The van der Waals surface area contributed by atoms with Crippen LogP contribution in [0.1, 0.15) is 26.2 Å². The van der Waals surface area contributed by atoms with Gasteiger partial charge < -0.3 is 20.9 Å². The zero-order valence-electron chi connectivity index (χ0n) is 6.59. The lowest BCUT2D eigenvalue weighted by molar-refractivity contribution is -0.305. The minimum Gasteiger partial charge on any atom is -0.550 e. The van der Waals surface area contributed by atoms with E-state index in [1.165, 1.54) is 0 Å². The molecule has 0 aliphatic carbocycles. The first-order valence-corrected chi connectivity index (χ1v) is 3.08. The monoisotopic (exact) mass is 163 g/mol. The molecule has 0 amide bonds. The molecule has 0 spiro atoms. The quantitative estimate of drug-likeness (QED) is 0.385. The molecule has 0 aliphatic rings. The van der Waals surface area contributed by atoms with Crippen LogP contribution in [0.4, 0.5) is 0 Å². The Kier molecular flexibility index (Phi) is 17.9. The maximum absolute atomic E-state index is 9.83. The third-order valence-electron chi connectivity index (χ3n) is 0.987. The zero-order chi connectivity index (χ0) is 7.11. The lowest BCUT2D eigenvalue weighted by atomic mass is 10.2. The van der Waals surface area contributed by atoms with Crippen molar-refractivity contribution in [3.05, 3.63) is 12.2 Å². The average molecular weight is 163 g/mol.